The summed E-state index contributed by atoms with van der Waals surface area (Å²) < 4.78 is 0. The summed E-state index contributed by atoms with van der Waals surface area (Å²) in [6.07, 6.45) is 1.60. The molecule has 1 heterocycles. The van der Waals surface area contributed by atoms with Crippen LogP contribution in [0.1, 0.15) is 62.0 Å². The number of aromatic nitrogens is 1. The lowest BCUT2D eigenvalue weighted by Crippen LogP contribution is -2.11. The smallest absolute Gasteiger partial charge is 0.122 e. The normalized spacial score (nSPS) is 13.4. The third kappa shape index (κ3) is 3.47. The Morgan fingerprint density at radius 1 is 1.20 bits per heavy atom. The lowest BCUT2D eigenvalue weighted by atomic mass is 9.98. The maximum absolute atomic E-state index is 10.4. The Balaban J connectivity index is 2.18. The maximum Gasteiger partial charge on any atom is 0.122 e. The minimum Gasteiger partial charge on any atom is -0.382 e. The molecule has 1 aromatic heterocycles. The molecular formula is C17H23NOS. The third-order valence-electron chi connectivity index (χ3n) is 3.28. The van der Waals surface area contributed by atoms with E-state index in [1.54, 1.807) is 11.3 Å². The van der Waals surface area contributed by atoms with Crippen LogP contribution in [0.5, 0.6) is 0 Å². The second-order valence-electron chi connectivity index (χ2n) is 6.22. The number of aliphatic hydroxyl groups is 1. The number of nitrogens with zero attached hydrogens (tertiary/aromatic N) is 1. The number of thiazole rings is 1. The Hall–Kier alpha value is -1.19. The highest BCUT2D eigenvalue weighted by molar-refractivity contribution is 7.09. The highest BCUT2D eigenvalue weighted by atomic mass is 32.1. The third-order valence-corrected chi connectivity index (χ3v) is 4.56. The number of benzene rings is 1. The van der Waals surface area contributed by atoms with Crippen molar-refractivity contribution < 1.29 is 5.11 Å². The summed E-state index contributed by atoms with van der Waals surface area (Å²) in [4.78, 5) is 4.59. The van der Waals surface area contributed by atoms with Gasteiger partial charge in [0.15, 0.2) is 0 Å². The first-order valence-corrected chi connectivity index (χ1v) is 8.02. The molecule has 108 valence electrons. The predicted molar refractivity (Wildman–Crippen MR) is 85.3 cm³/mol. The van der Waals surface area contributed by atoms with Crippen LogP contribution >= 0.6 is 11.3 Å². The van der Waals surface area contributed by atoms with Crippen molar-refractivity contribution in [2.24, 2.45) is 0 Å². The number of hydrogen-bond acceptors (Lipinski definition) is 3. The van der Waals surface area contributed by atoms with Crippen LogP contribution in [0.4, 0.5) is 0 Å². The maximum atomic E-state index is 10.4. The van der Waals surface area contributed by atoms with Gasteiger partial charge in [-0.15, -0.1) is 11.3 Å². The highest BCUT2D eigenvalue weighted by Gasteiger charge is 2.21. The van der Waals surface area contributed by atoms with E-state index in [4.69, 9.17) is 0 Å². The summed E-state index contributed by atoms with van der Waals surface area (Å²) in [5.74, 6) is 0. The second-order valence-corrected chi connectivity index (χ2v) is 7.08. The van der Waals surface area contributed by atoms with Crippen molar-refractivity contribution in [1.29, 1.82) is 0 Å². The van der Waals surface area contributed by atoms with Crippen LogP contribution in [0, 0.1) is 0 Å². The largest absolute Gasteiger partial charge is 0.382 e. The SMILES string of the molecule is CCCc1ccc(C(O)c2csc(C(C)(C)C)n2)cc1. The molecule has 0 amide bonds. The molecule has 1 aromatic carbocycles. The van der Waals surface area contributed by atoms with Crippen LogP contribution in [0.3, 0.4) is 0 Å². The second kappa shape index (κ2) is 6.06. The van der Waals surface area contributed by atoms with Crippen LogP contribution in [0.2, 0.25) is 0 Å². The molecular weight excluding hydrogens is 266 g/mol. The number of aliphatic hydroxyl groups excluding tert-OH is 1. The molecule has 20 heavy (non-hydrogen) atoms. The average Bonchev–Trinajstić information content (AvgIpc) is 2.89. The van der Waals surface area contributed by atoms with Gasteiger partial charge in [0.1, 0.15) is 6.10 Å². The van der Waals surface area contributed by atoms with E-state index in [0.717, 1.165) is 29.1 Å². The van der Waals surface area contributed by atoms with E-state index in [1.807, 2.05) is 17.5 Å². The average molecular weight is 289 g/mol. The molecule has 0 fully saturated rings. The van der Waals surface area contributed by atoms with Gasteiger partial charge in [-0.2, -0.15) is 0 Å². The fraction of sp³-hybridized carbons (Fsp3) is 0.471. The molecule has 2 rings (SSSR count). The van der Waals surface area contributed by atoms with Crippen molar-refractivity contribution in [1.82, 2.24) is 4.98 Å². The van der Waals surface area contributed by atoms with E-state index in [2.05, 4.69) is 44.8 Å². The number of hydrogen-bond donors (Lipinski definition) is 1. The van der Waals surface area contributed by atoms with E-state index >= 15 is 0 Å². The zero-order chi connectivity index (χ0) is 14.8. The van der Waals surface area contributed by atoms with Gasteiger partial charge < -0.3 is 5.11 Å². The van der Waals surface area contributed by atoms with E-state index in [0.29, 0.717) is 0 Å². The van der Waals surface area contributed by atoms with Gasteiger partial charge >= 0.3 is 0 Å². The lowest BCUT2D eigenvalue weighted by Gasteiger charge is -2.14. The first-order chi connectivity index (χ1) is 9.41. The summed E-state index contributed by atoms with van der Waals surface area (Å²) >= 11 is 1.62. The van der Waals surface area contributed by atoms with Gasteiger partial charge in [-0.05, 0) is 17.5 Å². The minimum absolute atomic E-state index is 0.0353. The van der Waals surface area contributed by atoms with Crippen LogP contribution in [-0.2, 0) is 11.8 Å². The molecule has 2 nitrogen and oxygen atoms in total. The quantitative estimate of drug-likeness (QED) is 0.900. The van der Waals surface area contributed by atoms with Gasteiger partial charge in [0.05, 0.1) is 10.7 Å². The van der Waals surface area contributed by atoms with Crippen molar-refractivity contribution in [2.45, 2.75) is 52.1 Å². The standard InChI is InChI=1S/C17H23NOS/c1-5-6-12-7-9-13(10-8-12)15(19)14-11-20-16(18-14)17(2,3)4/h7-11,15,19H,5-6H2,1-4H3. The van der Waals surface area contributed by atoms with E-state index in [1.165, 1.54) is 5.56 Å². The Kier molecular flexibility index (Phi) is 4.61. The molecule has 3 heteroatoms. The monoisotopic (exact) mass is 289 g/mol. The van der Waals surface area contributed by atoms with Crippen molar-refractivity contribution in [3.05, 3.63) is 51.5 Å². The fourth-order valence-electron chi connectivity index (χ4n) is 2.08. The molecule has 1 N–H and O–H groups in total. The first kappa shape index (κ1) is 15.2. The number of rotatable bonds is 4. The van der Waals surface area contributed by atoms with E-state index < -0.39 is 6.10 Å². The van der Waals surface area contributed by atoms with E-state index in [-0.39, 0.29) is 5.41 Å². The Morgan fingerprint density at radius 3 is 2.35 bits per heavy atom. The summed E-state index contributed by atoms with van der Waals surface area (Å²) in [6, 6.07) is 8.20. The molecule has 0 aliphatic heterocycles. The van der Waals surface area contributed by atoms with Gasteiger partial charge in [0.2, 0.25) is 0 Å². The molecule has 0 aliphatic rings. The van der Waals surface area contributed by atoms with Crippen LogP contribution in [0.25, 0.3) is 0 Å². The van der Waals surface area contributed by atoms with Crippen LogP contribution in [0.15, 0.2) is 29.6 Å². The summed E-state index contributed by atoms with van der Waals surface area (Å²) in [7, 11) is 0. The van der Waals surface area contributed by atoms with Crippen molar-refractivity contribution in [3.8, 4) is 0 Å². The minimum atomic E-state index is -0.627. The topological polar surface area (TPSA) is 33.1 Å². The molecule has 0 radical (unpaired) electrons. The Morgan fingerprint density at radius 2 is 1.85 bits per heavy atom. The lowest BCUT2D eigenvalue weighted by molar-refractivity contribution is 0.215. The first-order valence-electron chi connectivity index (χ1n) is 7.14. The molecule has 0 aliphatic carbocycles. The molecule has 2 aromatic rings. The zero-order valence-corrected chi connectivity index (χ0v) is 13.5. The number of aryl methyl sites for hydroxylation is 1. The Bertz CT molecular complexity index is 551. The van der Waals surface area contributed by atoms with Crippen molar-refractivity contribution in [2.75, 3.05) is 0 Å². The summed E-state index contributed by atoms with van der Waals surface area (Å²) in [6.45, 7) is 8.59. The fourth-order valence-corrected chi connectivity index (χ4v) is 3.01. The van der Waals surface area contributed by atoms with Gasteiger partial charge in [0.25, 0.3) is 0 Å². The summed E-state index contributed by atoms with van der Waals surface area (Å²) in [5, 5.41) is 13.5. The van der Waals surface area contributed by atoms with Gasteiger partial charge in [-0.1, -0.05) is 58.4 Å². The Labute approximate surface area is 125 Å². The summed E-state index contributed by atoms with van der Waals surface area (Å²) in [5.41, 5.74) is 3.02. The molecule has 0 saturated heterocycles. The van der Waals surface area contributed by atoms with Crippen molar-refractivity contribution in [3.63, 3.8) is 0 Å². The molecule has 1 unspecified atom stereocenters. The molecule has 0 bridgehead atoms. The molecule has 1 atom stereocenters. The molecule has 0 spiro atoms. The van der Waals surface area contributed by atoms with Gasteiger partial charge in [0, 0.05) is 10.8 Å². The van der Waals surface area contributed by atoms with E-state index in [9.17, 15) is 5.11 Å². The predicted octanol–water partition coefficient (Wildman–Crippen LogP) is 4.47. The van der Waals surface area contributed by atoms with Crippen LogP contribution in [-0.4, -0.2) is 10.1 Å². The zero-order valence-electron chi connectivity index (χ0n) is 12.7. The molecule has 0 saturated carbocycles. The van der Waals surface area contributed by atoms with Crippen molar-refractivity contribution >= 4 is 11.3 Å². The van der Waals surface area contributed by atoms with Gasteiger partial charge in [-0.25, -0.2) is 4.98 Å². The van der Waals surface area contributed by atoms with Gasteiger partial charge in [-0.3, -0.25) is 0 Å². The van der Waals surface area contributed by atoms with Crippen LogP contribution < -0.4 is 0 Å². The highest BCUT2D eigenvalue weighted by Crippen LogP contribution is 2.30.